The summed E-state index contributed by atoms with van der Waals surface area (Å²) in [5.41, 5.74) is 0. The Balaban J connectivity index is 2.34. The standard InChI is InChI=1S/C9H7NOS2/c11-13(9-10-6-7-12-9)8-4-2-1-3-5-8/h1-7H. The second-order valence-corrected chi connectivity index (χ2v) is 4.93. The van der Waals surface area contributed by atoms with Crippen LogP contribution in [0.1, 0.15) is 0 Å². The lowest BCUT2D eigenvalue weighted by atomic mass is 10.4. The monoisotopic (exact) mass is 209 g/mol. The average Bonchev–Trinajstić information content (AvgIpc) is 2.71. The van der Waals surface area contributed by atoms with Crippen molar-refractivity contribution >= 4 is 22.1 Å². The van der Waals surface area contributed by atoms with Crippen LogP contribution in [0.15, 0.2) is 51.1 Å². The topological polar surface area (TPSA) is 30.0 Å². The average molecular weight is 209 g/mol. The van der Waals surface area contributed by atoms with Crippen molar-refractivity contribution < 1.29 is 4.21 Å². The number of nitrogens with zero attached hydrogens (tertiary/aromatic N) is 1. The van der Waals surface area contributed by atoms with Gasteiger partial charge in [0.2, 0.25) is 0 Å². The van der Waals surface area contributed by atoms with Gasteiger partial charge in [0.25, 0.3) is 0 Å². The molecule has 0 spiro atoms. The van der Waals surface area contributed by atoms with E-state index in [1.165, 1.54) is 11.3 Å². The summed E-state index contributed by atoms with van der Waals surface area (Å²) in [6.07, 6.45) is 1.67. The first-order chi connectivity index (χ1) is 6.38. The summed E-state index contributed by atoms with van der Waals surface area (Å²) in [5.74, 6) is 0. The van der Waals surface area contributed by atoms with Gasteiger partial charge in [-0.05, 0) is 12.1 Å². The molecule has 0 aliphatic rings. The predicted molar refractivity (Wildman–Crippen MR) is 53.2 cm³/mol. The van der Waals surface area contributed by atoms with Gasteiger partial charge < -0.3 is 0 Å². The van der Waals surface area contributed by atoms with Crippen LogP contribution in [0.2, 0.25) is 0 Å². The molecule has 1 heterocycles. The van der Waals surface area contributed by atoms with Gasteiger partial charge in [-0.25, -0.2) is 9.19 Å². The molecular weight excluding hydrogens is 202 g/mol. The van der Waals surface area contributed by atoms with E-state index in [1.54, 1.807) is 6.20 Å². The Bertz CT molecular complexity index is 397. The zero-order chi connectivity index (χ0) is 9.10. The molecule has 2 aromatic rings. The number of thiazole rings is 1. The highest BCUT2D eigenvalue weighted by Crippen LogP contribution is 2.17. The van der Waals surface area contributed by atoms with Crippen LogP contribution in [0.3, 0.4) is 0 Å². The first-order valence-electron chi connectivity index (χ1n) is 3.74. The second kappa shape index (κ2) is 3.81. The first kappa shape index (κ1) is 8.59. The number of hydrogen-bond acceptors (Lipinski definition) is 3. The molecule has 0 aliphatic heterocycles. The van der Waals surface area contributed by atoms with Gasteiger partial charge in [-0.1, -0.05) is 18.2 Å². The molecule has 0 amide bonds. The minimum Gasteiger partial charge on any atom is -0.247 e. The summed E-state index contributed by atoms with van der Waals surface area (Å²) in [7, 11) is -1.11. The van der Waals surface area contributed by atoms with E-state index in [1.807, 2.05) is 35.7 Å². The maximum atomic E-state index is 11.8. The molecule has 0 aliphatic carbocycles. The Morgan fingerprint density at radius 2 is 2.00 bits per heavy atom. The van der Waals surface area contributed by atoms with E-state index in [0.717, 1.165) is 4.90 Å². The quantitative estimate of drug-likeness (QED) is 0.759. The van der Waals surface area contributed by atoms with Crippen LogP contribution in [0.25, 0.3) is 0 Å². The van der Waals surface area contributed by atoms with Gasteiger partial charge in [-0.15, -0.1) is 11.3 Å². The van der Waals surface area contributed by atoms with Gasteiger partial charge in [0.15, 0.2) is 4.34 Å². The van der Waals surface area contributed by atoms with Crippen LogP contribution < -0.4 is 0 Å². The highest BCUT2D eigenvalue weighted by atomic mass is 32.2. The van der Waals surface area contributed by atoms with Crippen molar-refractivity contribution in [1.82, 2.24) is 4.98 Å². The fourth-order valence-corrected chi connectivity index (χ4v) is 2.87. The zero-order valence-electron chi connectivity index (χ0n) is 6.71. The van der Waals surface area contributed by atoms with Crippen molar-refractivity contribution in [2.45, 2.75) is 9.24 Å². The first-order valence-corrected chi connectivity index (χ1v) is 5.77. The Labute approximate surface area is 82.7 Å². The Kier molecular flexibility index (Phi) is 2.52. The van der Waals surface area contributed by atoms with Crippen molar-refractivity contribution in [2.24, 2.45) is 0 Å². The molecule has 1 aromatic carbocycles. The molecule has 1 atom stereocenters. The Hall–Kier alpha value is -1.000. The predicted octanol–water partition coefficient (Wildman–Crippen LogP) is 2.31. The highest BCUT2D eigenvalue weighted by Gasteiger charge is 2.07. The summed E-state index contributed by atoms with van der Waals surface area (Å²) in [6, 6.07) is 9.35. The molecule has 2 rings (SSSR count). The van der Waals surface area contributed by atoms with Crippen LogP contribution in [-0.4, -0.2) is 9.19 Å². The third-order valence-electron chi connectivity index (χ3n) is 1.53. The van der Waals surface area contributed by atoms with Gasteiger partial charge in [0.1, 0.15) is 10.8 Å². The summed E-state index contributed by atoms with van der Waals surface area (Å²) in [5, 5.41) is 1.83. The van der Waals surface area contributed by atoms with E-state index < -0.39 is 10.8 Å². The molecule has 1 unspecified atom stereocenters. The molecule has 2 nitrogen and oxygen atoms in total. The smallest absolute Gasteiger partial charge is 0.185 e. The normalized spacial score (nSPS) is 12.6. The fourth-order valence-electron chi connectivity index (χ4n) is 0.947. The van der Waals surface area contributed by atoms with E-state index in [4.69, 9.17) is 0 Å². The van der Waals surface area contributed by atoms with Crippen molar-refractivity contribution in [3.05, 3.63) is 41.9 Å². The lowest BCUT2D eigenvalue weighted by Crippen LogP contribution is -1.90. The van der Waals surface area contributed by atoms with Crippen LogP contribution in [-0.2, 0) is 10.8 Å². The summed E-state index contributed by atoms with van der Waals surface area (Å²) in [4.78, 5) is 4.81. The van der Waals surface area contributed by atoms with Gasteiger partial charge in [0.05, 0.1) is 0 Å². The third-order valence-corrected chi connectivity index (χ3v) is 3.96. The molecule has 13 heavy (non-hydrogen) atoms. The lowest BCUT2D eigenvalue weighted by molar-refractivity contribution is 0.682. The Morgan fingerprint density at radius 1 is 1.23 bits per heavy atom. The molecular formula is C9H7NOS2. The minimum absolute atomic E-state index is 0.659. The zero-order valence-corrected chi connectivity index (χ0v) is 8.35. The molecule has 0 radical (unpaired) electrons. The third kappa shape index (κ3) is 1.84. The van der Waals surface area contributed by atoms with Gasteiger partial charge >= 0.3 is 0 Å². The second-order valence-electron chi connectivity index (χ2n) is 2.38. The number of rotatable bonds is 2. The fraction of sp³-hybridized carbons (Fsp3) is 0. The SMILES string of the molecule is O=S(c1ccccc1)c1nccs1. The molecule has 1 aromatic heterocycles. The maximum absolute atomic E-state index is 11.8. The molecule has 0 saturated carbocycles. The van der Waals surface area contributed by atoms with E-state index in [-0.39, 0.29) is 0 Å². The molecule has 4 heteroatoms. The molecule has 66 valence electrons. The van der Waals surface area contributed by atoms with Gasteiger partial charge in [-0.3, -0.25) is 0 Å². The van der Waals surface area contributed by atoms with Crippen LogP contribution in [0, 0.1) is 0 Å². The molecule has 0 saturated heterocycles. The lowest BCUT2D eigenvalue weighted by Gasteiger charge is -1.95. The van der Waals surface area contributed by atoms with Gasteiger partial charge in [-0.2, -0.15) is 0 Å². The van der Waals surface area contributed by atoms with E-state index in [2.05, 4.69) is 4.98 Å². The van der Waals surface area contributed by atoms with Crippen molar-refractivity contribution in [2.75, 3.05) is 0 Å². The Morgan fingerprint density at radius 3 is 2.62 bits per heavy atom. The van der Waals surface area contributed by atoms with Crippen LogP contribution in [0.4, 0.5) is 0 Å². The summed E-state index contributed by atoms with van der Waals surface area (Å²) >= 11 is 1.41. The van der Waals surface area contributed by atoms with E-state index >= 15 is 0 Å². The maximum Gasteiger partial charge on any atom is 0.185 e. The number of aromatic nitrogens is 1. The number of benzene rings is 1. The van der Waals surface area contributed by atoms with Crippen molar-refractivity contribution in [3.8, 4) is 0 Å². The highest BCUT2D eigenvalue weighted by molar-refractivity contribution is 7.87. The van der Waals surface area contributed by atoms with Crippen LogP contribution in [0.5, 0.6) is 0 Å². The number of hydrogen-bond donors (Lipinski definition) is 0. The minimum atomic E-state index is -1.11. The summed E-state index contributed by atoms with van der Waals surface area (Å²) in [6.45, 7) is 0. The van der Waals surface area contributed by atoms with Crippen molar-refractivity contribution in [3.63, 3.8) is 0 Å². The van der Waals surface area contributed by atoms with Crippen molar-refractivity contribution in [1.29, 1.82) is 0 Å². The van der Waals surface area contributed by atoms with E-state index in [9.17, 15) is 4.21 Å². The molecule has 0 bridgehead atoms. The van der Waals surface area contributed by atoms with E-state index in [0.29, 0.717) is 4.34 Å². The largest absolute Gasteiger partial charge is 0.247 e. The van der Waals surface area contributed by atoms with Gasteiger partial charge in [0, 0.05) is 16.5 Å². The van der Waals surface area contributed by atoms with Crippen LogP contribution >= 0.6 is 11.3 Å². The summed E-state index contributed by atoms with van der Waals surface area (Å²) < 4.78 is 12.4. The molecule has 0 fully saturated rings. The molecule has 0 N–H and O–H groups in total.